The van der Waals surface area contributed by atoms with Crippen LogP contribution in [0.1, 0.15) is 27.2 Å². The van der Waals surface area contributed by atoms with Crippen LogP contribution < -0.4 is 10.4 Å². The molecule has 1 saturated heterocycles. The summed E-state index contributed by atoms with van der Waals surface area (Å²) in [5, 5.41) is 2.67. The molecule has 4 rings (SSSR count). The van der Waals surface area contributed by atoms with Gasteiger partial charge >= 0.3 is 0 Å². The molecule has 0 unspecified atom stereocenters. The number of epoxide rings is 1. The van der Waals surface area contributed by atoms with Crippen molar-refractivity contribution in [2.24, 2.45) is 11.3 Å². The van der Waals surface area contributed by atoms with Crippen molar-refractivity contribution in [2.45, 2.75) is 38.9 Å². The lowest BCUT2D eigenvalue weighted by atomic mass is 9.61. The first-order valence-corrected chi connectivity index (χ1v) is 10.5. The topological polar surface area (TPSA) is 21.8 Å². The Kier molecular flexibility index (Phi) is 3.90. The van der Waals surface area contributed by atoms with Crippen LogP contribution in [0.3, 0.4) is 0 Å². The molecule has 1 saturated carbocycles. The van der Waals surface area contributed by atoms with E-state index in [2.05, 4.69) is 81.4 Å². The van der Waals surface area contributed by atoms with Crippen molar-refractivity contribution in [3.63, 3.8) is 0 Å². The Morgan fingerprint density at radius 1 is 1.00 bits per heavy atom. The quantitative estimate of drug-likeness (QED) is 0.618. The standard InChI is InChI=1S/C21H26O2Si/c1-20(2,3)18-14-19-21(18,23-19)15-22-24(16-10-6-4-7-11-16)17-12-8-5-9-13-17/h4-13,18-19,24H,14-15H2,1-3H3/t18-,19-,21+/m1/s1. The number of ether oxygens (including phenoxy) is 1. The minimum Gasteiger partial charge on any atom is -0.408 e. The highest BCUT2D eigenvalue weighted by molar-refractivity contribution is 6.80. The fourth-order valence-electron chi connectivity index (χ4n) is 4.21. The second kappa shape index (κ2) is 5.83. The molecule has 0 spiro atoms. The van der Waals surface area contributed by atoms with Gasteiger partial charge in [-0.25, -0.2) is 0 Å². The second-order valence-electron chi connectivity index (χ2n) is 8.23. The summed E-state index contributed by atoms with van der Waals surface area (Å²) in [5.74, 6) is 0.608. The van der Waals surface area contributed by atoms with Crippen LogP contribution in [0.15, 0.2) is 60.7 Å². The van der Waals surface area contributed by atoms with Gasteiger partial charge in [0.25, 0.3) is 0 Å². The van der Waals surface area contributed by atoms with Gasteiger partial charge in [0.2, 0.25) is 9.04 Å². The van der Waals surface area contributed by atoms with E-state index >= 15 is 0 Å². The summed E-state index contributed by atoms with van der Waals surface area (Å²) in [5.41, 5.74) is 0.278. The van der Waals surface area contributed by atoms with Crippen LogP contribution in [-0.2, 0) is 9.16 Å². The zero-order valence-corrected chi connectivity index (χ0v) is 15.9. The van der Waals surface area contributed by atoms with E-state index in [1.807, 2.05) is 0 Å². The molecule has 2 nitrogen and oxygen atoms in total. The Morgan fingerprint density at radius 2 is 1.54 bits per heavy atom. The highest BCUT2D eigenvalue weighted by Crippen LogP contribution is 2.63. The van der Waals surface area contributed by atoms with E-state index in [0.717, 1.165) is 6.61 Å². The molecular formula is C21H26O2Si. The van der Waals surface area contributed by atoms with E-state index in [0.29, 0.717) is 12.0 Å². The normalized spacial score (nSPS) is 28.3. The average molecular weight is 339 g/mol. The van der Waals surface area contributed by atoms with Gasteiger partial charge in [-0.15, -0.1) is 0 Å². The Bertz CT molecular complexity index is 655. The molecule has 3 atom stereocenters. The van der Waals surface area contributed by atoms with Gasteiger partial charge < -0.3 is 9.16 Å². The molecule has 24 heavy (non-hydrogen) atoms. The van der Waals surface area contributed by atoms with E-state index in [9.17, 15) is 0 Å². The summed E-state index contributed by atoms with van der Waals surface area (Å²) in [4.78, 5) is 0. The van der Waals surface area contributed by atoms with Crippen LogP contribution in [0.5, 0.6) is 0 Å². The third-order valence-corrected chi connectivity index (χ3v) is 8.10. The summed E-state index contributed by atoms with van der Waals surface area (Å²) in [6.45, 7) is 7.70. The SMILES string of the molecule is CC(C)(C)[C@H]1C[C@H]2O[C@@]12CO[SiH](c1ccccc1)c1ccccc1. The summed E-state index contributed by atoms with van der Waals surface area (Å²) < 4.78 is 12.7. The minimum atomic E-state index is -1.66. The van der Waals surface area contributed by atoms with Crippen LogP contribution in [0.2, 0.25) is 0 Å². The van der Waals surface area contributed by atoms with Gasteiger partial charge in [0.1, 0.15) is 5.60 Å². The molecule has 1 aliphatic carbocycles. The lowest BCUT2D eigenvalue weighted by molar-refractivity contribution is 0.0547. The van der Waals surface area contributed by atoms with Gasteiger partial charge in [-0.2, -0.15) is 0 Å². The first-order valence-electron chi connectivity index (χ1n) is 8.90. The van der Waals surface area contributed by atoms with Crippen LogP contribution in [0, 0.1) is 11.3 Å². The molecule has 0 aromatic heterocycles. The van der Waals surface area contributed by atoms with Gasteiger partial charge in [-0.1, -0.05) is 81.4 Å². The second-order valence-corrected chi connectivity index (χ2v) is 10.7. The van der Waals surface area contributed by atoms with E-state index in [1.165, 1.54) is 16.8 Å². The molecule has 2 aromatic rings. The molecule has 2 aliphatic rings. The lowest BCUT2D eigenvalue weighted by Crippen LogP contribution is -2.52. The lowest BCUT2D eigenvalue weighted by Gasteiger charge is -2.41. The largest absolute Gasteiger partial charge is 0.408 e. The van der Waals surface area contributed by atoms with Crippen molar-refractivity contribution in [2.75, 3.05) is 6.61 Å². The van der Waals surface area contributed by atoms with Gasteiger partial charge in [0.15, 0.2) is 0 Å². The first-order chi connectivity index (χ1) is 11.5. The highest BCUT2D eigenvalue weighted by Gasteiger charge is 2.72. The molecule has 0 N–H and O–H groups in total. The fourth-order valence-corrected chi connectivity index (χ4v) is 6.55. The predicted octanol–water partition coefficient (Wildman–Crippen LogP) is 2.74. The molecular weight excluding hydrogens is 312 g/mol. The minimum absolute atomic E-state index is 0.00688. The Morgan fingerprint density at radius 3 is 1.96 bits per heavy atom. The van der Waals surface area contributed by atoms with Gasteiger partial charge in [0.05, 0.1) is 12.7 Å². The smallest absolute Gasteiger partial charge is 0.240 e. The van der Waals surface area contributed by atoms with Crippen molar-refractivity contribution in [1.82, 2.24) is 0 Å². The van der Waals surface area contributed by atoms with Gasteiger partial charge in [-0.05, 0) is 22.2 Å². The maximum atomic E-state index is 6.60. The number of fused-ring (bicyclic) bond motifs is 1. The maximum absolute atomic E-state index is 6.60. The third kappa shape index (κ3) is 2.75. The first kappa shape index (κ1) is 16.1. The number of rotatable bonds is 5. The molecule has 1 heterocycles. The van der Waals surface area contributed by atoms with Crippen molar-refractivity contribution in [1.29, 1.82) is 0 Å². The Labute approximate surface area is 146 Å². The maximum Gasteiger partial charge on any atom is 0.240 e. The van der Waals surface area contributed by atoms with E-state index in [1.54, 1.807) is 0 Å². The number of benzene rings is 2. The van der Waals surface area contributed by atoms with Gasteiger partial charge in [0, 0.05) is 5.92 Å². The molecule has 2 fully saturated rings. The van der Waals surface area contributed by atoms with Crippen LogP contribution in [0.4, 0.5) is 0 Å². The van der Waals surface area contributed by atoms with E-state index in [4.69, 9.17) is 9.16 Å². The summed E-state index contributed by atoms with van der Waals surface area (Å²) in [6, 6.07) is 21.4. The summed E-state index contributed by atoms with van der Waals surface area (Å²) >= 11 is 0. The van der Waals surface area contributed by atoms with Gasteiger partial charge in [-0.3, -0.25) is 0 Å². The number of hydrogen-bond acceptors (Lipinski definition) is 2. The molecule has 1 aliphatic heterocycles. The van der Waals surface area contributed by atoms with Crippen LogP contribution in [-0.4, -0.2) is 27.4 Å². The molecule has 0 bridgehead atoms. The van der Waals surface area contributed by atoms with Crippen molar-refractivity contribution < 1.29 is 9.16 Å². The molecule has 3 heteroatoms. The Hall–Kier alpha value is -1.42. The predicted molar refractivity (Wildman–Crippen MR) is 100 cm³/mol. The van der Waals surface area contributed by atoms with Crippen molar-refractivity contribution in [3.05, 3.63) is 60.7 Å². The van der Waals surface area contributed by atoms with Crippen LogP contribution in [0.25, 0.3) is 0 Å². The molecule has 2 aromatic carbocycles. The fraction of sp³-hybridized carbons (Fsp3) is 0.429. The third-order valence-electron chi connectivity index (χ3n) is 5.61. The Balaban J connectivity index is 1.54. The zero-order valence-electron chi connectivity index (χ0n) is 14.7. The molecule has 0 amide bonds. The van der Waals surface area contributed by atoms with Crippen molar-refractivity contribution in [3.8, 4) is 0 Å². The molecule has 126 valence electrons. The summed E-state index contributed by atoms with van der Waals surface area (Å²) in [7, 11) is -1.66. The summed E-state index contributed by atoms with van der Waals surface area (Å²) in [6.07, 6.45) is 1.62. The van der Waals surface area contributed by atoms with Crippen molar-refractivity contribution >= 4 is 19.4 Å². The highest BCUT2D eigenvalue weighted by atomic mass is 28.3. The number of hydrogen-bond donors (Lipinski definition) is 0. The molecule has 0 radical (unpaired) electrons. The van der Waals surface area contributed by atoms with E-state index < -0.39 is 9.04 Å². The average Bonchev–Trinajstić information content (AvgIpc) is 3.11. The van der Waals surface area contributed by atoms with E-state index in [-0.39, 0.29) is 11.0 Å². The van der Waals surface area contributed by atoms with Crippen LogP contribution >= 0.6 is 0 Å². The monoisotopic (exact) mass is 338 g/mol. The zero-order chi connectivity index (χ0) is 16.8.